The third-order valence-corrected chi connectivity index (χ3v) is 3.82. The first-order valence-electron chi connectivity index (χ1n) is 6.49. The van der Waals surface area contributed by atoms with Crippen molar-refractivity contribution in [1.29, 1.82) is 5.26 Å². The predicted octanol–water partition coefficient (Wildman–Crippen LogP) is 3.00. The normalized spacial score (nSPS) is 18.0. The topological polar surface area (TPSA) is 52.8 Å². The van der Waals surface area contributed by atoms with Gasteiger partial charge >= 0.3 is 0 Å². The van der Waals surface area contributed by atoms with Crippen LogP contribution in [0.5, 0.6) is 0 Å². The van der Waals surface area contributed by atoms with Crippen LogP contribution in [0.2, 0.25) is 5.02 Å². The number of aromatic nitrogens is 2. The molecule has 0 aromatic carbocycles. The van der Waals surface area contributed by atoms with Crippen molar-refractivity contribution in [3.05, 3.63) is 52.9 Å². The highest BCUT2D eigenvalue weighted by Crippen LogP contribution is 2.32. The highest BCUT2D eigenvalue weighted by Gasteiger charge is 2.26. The fraction of sp³-hybridized carbons (Fsp3) is 0.267. The van der Waals surface area contributed by atoms with Gasteiger partial charge in [0.2, 0.25) is 0 Å². The van der Waals surface area contributed by atoms with Gasteiger partial charge in [0.05, 0.1) is 10.6 Å². The van der Waals surface area contributed by atoms with E-state index in [4.69, 9.17) is 16.9 Å². The van der Waals surface area contributed by atoms with E-state index >= 15 is 0 Å². The van der Waals surface area contributed by atoms with Crippen molar-refractivity contribution in [2.45, 2.75) is 12.3 Å². The number of nitriles is 1. The average Bonchev–Trinajstić information content (AvgIpc) is 2.97. The highest BCUT2D eigenvalue weighted by molar-refractivity contribution is 6.33. The zero-order valence-electron chi connectivity index (χ0n) is 10.8. The zero-order valence-corrected chi connectivity index (χ0v) is 11.6. The summed E-state index contributed by atoms with van der Waals surface area (Å²) in [5.41, 5.74) is 1.60. The number of hydrogen-bond acceptors (Lipinski definition) is 4. The fourth-order valence-electron chi connectivity index (χ4n) is 2.54. The Labute approximate surface area is 122 Å². The lowest BCUT2D eigenvalue weighted by atomic mass is 10.0. The molecule has 0 spiro atoms. The van der Waals surface area contributed by atoms with E-state index < -0.39 is 0 Å². The van der Waals surface area contributed by atoms with Gasteiger partial charge in [0.25, 0.3) is 0 Å². The van der Waals surface area contributed by atoms with Crippen molar-refractivity contribution in [3.63, 3.8) is 0 Å². The molecule has 0 radical (unpaired) electrons. The minimum Gasteiger partial charge on any atom is -0.355 e. The Balaban J connectivity index is 1.79. The SMILES string of the molecule is N#Cc1cnc(N2CCC(c3ccccn3)C2)c(Cl)c1. The maximum atomic E-state index is 8.84. The molecule has 1 aliphatic heterocycles. The molecule has 1 saturated heterocycles. The molecule has 3 rings (SSSR count). The van der Waals surface area contributed by atoms with Crippen LogP contribution in [0.1, 0.15) is 23.6 Å². The molecule has 1 fully saturated rings. The summed E-state index contributed by atoms with van der Waals surface area (Å²) in [7, 11) is 0. The summed E-state index contributed by atoms with van der Waals surface area (Å²) >= 11 is 6.21. The van der Waals surface area contributed by atoms with Crippen LogP contribution in [0.15, 0.2) is 36.7 Å². The molecule has 2 aromatic rings. The molecule has 1 atom stereocenters. The van der Waals surface area contributed by atoms with Crippen LogP contribution >= 0.6 is 11.6 Å². The summed E-state index contributed by atoms with van der Waals surface area (Å²) < 4.78 is 0. The summed E-state index contributed by atoms with van der Waals surface area (Å²) in [5.74, 6) is 1.16. The minimum absolute atomic E-state index is 0.407. The minimum atomic E-state index is 0.407. The molecular formula is C15H13ClN4. The van der Waals surface area contributed by atoms with E-state index in [1.165, 1.54) is 0 Å². The van der Waals surface area contributed by atoms with Gasteiger partial charge < -0.3 is 4.90 Å². The third-order valence-electron chi connectivity index (χ3n) is 3.54. The molecule has 0 amide bonds. The Hall–Kier alpha value is -2.12. The summed E-state index contributed by atoms with van der Waals surface area (Å²) in [6, 6.07) is 9.70. The van der Waals surface area contributed by atoms with Crippen LogP contribution in [0.25, 0.3) is 0 Å². The van der Waals surface area contributed by atoms with E-state index in [-0.39, 0.29) is 0 Å². The molecule has 20 heavy (non-hydrogen) atoms. The molecule has 0 aliphatic carbocycles. The van der Waals surface area contributed by atoms with Gasteiger partial charge in [-0.15, -0.1) is 0 Å². The van der Waals surface area contributed by atoms with E-state index in [1.807, 2.05) is 24.4 Å². The highest BCUT2D eigenvalue weighted by atomic mass is 35.5. The van der Waals surface area contributed by atoms with E-state index in [2.05, 4.69) is 20.9 Å². The molecule has 2 aromatic heterocycles. The van der Waals surface area contributed by atoms with Gasteiger partial charge in [0.15, 0.2) is 0 Å². The van der Waals surface area contributed by atoms with Crippen LogP contribution in [-0.4, -0.2) is 23.1 Å². The Morgan fingerprint density at radius 1 is 1.35 bits per heavy atom. The predicted molar refractivity (Wildman–Crippen MR) is 77.8 cm³/mol. The number of pyridine rings is 2. The summed E-state index contributed by atoms with van der Waals surface area (Å²) in [5, 5.41) is 9.37. The molecule has 0 N–H and O–H groups in total. The van der Waals surface area contributed by atoms with Gasteiger partial charge in [-0.05, 0) is 24.6 Å². The molecule has 1 unspecified atom stereocenters. The Morgan fingerprint density at radius 3 is 2.95 bits per heavy atom. The average molecular weight is 285 g/mol. The van der Waals surface area contributed by atoms with Crippen LogP contribution in [0.3, 0.4) is 0 Å². The monoisotopic (exact) mass is 284 g/mol. The number of hydrogen-bond donors (Lipinski definition) is 0. The first-order chi connectivity index (χ1) is 9.78. The molecule has 1 aliphatic rings. The lowest BCUT2D eigenvalue weighted by molar-refractivity contribution is 0.744. The number of anilines is 1. The maximum absolute atomic E-state index is 8.84. The lowest BCUT2D eigenvalue weighted by Gasteiger charge is -2.18. The Morgan fingerprint density at radius 2 is 2.25 bits per heavy atom. The molecule has 5 heteroatoms. The van der Waals surface area contributed by atoms with Crippen molar-refractivity contribution < 1.29 is 0 Å². The van der Waals surface area contributed by atoms with Crippen molar-refractivity contribution in [2.24, 2.45) is 0 Å². The lowest BCUT2D eigenvalue weighted by Crippen LogP contribution is -2.21. The largest absolute Gasteiger partial charge is 0.355 e. The molecule has 3 heterocycles. The van der Waals surface area contributed by atoms with Gasteiger partial charge in [-0.3, -0.25) is 4.98 Å². The van der Waals surface area contributed by atoms with Crippen LogP contribution < -0.4 is 4.90 Å². The van der Waals surface area contributed by atoms with Gasteiger partial charge in [-0.1, -0.05) is 17.7 Å². The zero-order chi connectivity index (χ0) is 13.9. The van der Waals surface area contributed by atoms with Gasteiger partial charge in [0.1, 0.15) is 11.9 Å². The second kappa shape index (κ2) is 5.48. The van der Waals surface area contributed by atoms with Crippen molar-refractivity contribution in [3.8, 4) is 6.07 Å². The van der Waals surface area contributed by atoms with Crippen molar-refractivity contribution in [2.75, 3.05) is 18.0 Å². The smallest absolute Gasteiger partial charge is 0.147 e. The number of rotatable bonds is 2. The second-order valence-electron chi connectivity index (χ2n) is 4.83. The molecule has 0 bridgehead atoms. The van der Waals surface area contributed by atoms with Crippen LogP contribution in [0, 0.1) is 11.3 Å². The number of halogens is 1. The van der Waals surface area contributed by atoms with Gasteiger partial charge in [-0.2, -0.15) is 5.26 Å². The van der Waals surface area contributed by atoms with Crippen molar-refractivity contribution >= 4 is 17.4 Å². The summed E-state index contributed by atoms with van der Waals surface area (Å²) in [4.78, 5) is 10.9. The third kappa shape index (κ3) is 2.45. The number of nitrogens with zero attached hydrogens (tertiary/aromatic N) is 4. The Kier molecular flexibility index (Phi) is 3.53. The Bertz CT molecular complexity index is 651. The van der Waals surface area contributed by atoms with Gasteiger partial charge in [0, 0.05) is 37.1 Å². The first-order valence-corrected chi connectivity index (χ1v) is 6.87. The van der Waals surface area contributed by atoms with E-state index in [9.17, 15) is 0 Å². The van der Waals surface area contributed by atoms with E-state index in [1.54, 1.807) is 12.3 Å². The quantitative estimate of drug-likeness (QED) is 0.851. The van der Waals surface area contributed by atoms with E-state index in [0.717, 1.165) is 31.0 Å². The van der Waals surface area contributed by atoms with Crippen LogP contribution in [-0.2, 0) is 0 Å². The summed E-state index contributed by atoms with van der Waals surface area (Å²) in [6.45, 7) is 1.76. The first kappa shape index (κ1) is 12.9. The molecule has 4 nitrogen and oxygen atoms in total. The van der Waals surface area contributed by atoms with Crippen molar-refractivity contribution in [1.82, 2.24) is 9.97 Å². The molecule has 0 saturated carbocycles. The summed E-state index contributed by atoms with van der Waals surface area (Å²) in [6.07, 6.45) is 4.43. The fourth-order valence-corrected chi connectivity index (χ4v) is 2.82. The standard InChI is InChI=1S/C15H13ClN4/c16-13-7-11(8-17)9-19-15(13)20-6-4-12(10-20)14-3-1-2-5-18-14/h1-3,5,7,9,12H,4,6,10H2. The molecule has 100 valence electrons. The van der Waals surface area contributed by atoms with Crippen LogP contribution in [0.4, 0.5) is 5.82 Å². The van der Waals surface area contributed by atoms with E-state index in [0.29, 0.717) is 16.5 Å². The van der Waals surface area contributed by atoms with Gasteiger partial charge in [-0.25, -0.2) is 4.98 Å². The maximum Gasteiger partial charge on any atom is 0.147 e. The molecular weight excluding hydrogens is 272 g/mol. The second-order valence-corrected chi connectivity index (χ2v) is 5.23.